The molecule has 1 atom stereocenters. The van der Waals surface area contributed by atoms with Crippen LogP contribution in [-0.2, 0) is 9.53 Å². The SMILES string of the molecule is CCOC1=C/C(=C\C(C#N)c2nc(-c3ccc(C)cc3)no2)C=C(Cl)C1=O. The molecule has 0 saturated carbocycles. The summed E-state index contributed by atoms with van der Waals surface area (Å²) in [5.74, 6) is -0.475. The van der Waals surface area contributed by atoms with Crippen molar-refractivity contribution in [2.45, 2.75) is 19.8 Å². The number of aromatic nitrogens is 2. The number of carbonyl (C=O) groups is 1. The van der Waals surface area contributed by atoms with Crippen molar-refractivity contribution in [3.8, 4) is 17.5 Å². The lowest BCUT2D eigenvalue weighted by Gasteiger charge is -2.12. The number of ether oxygens (including phenoxy) is 1. The molecule has 0 fully saturated rings. The van der Waals surface area contributed by atoms with Crippen molar-refractivity contribution < 1.29 is 14.1 Å². The summed E-state index contributed by atoms with van der Waals surface area (Å²) in [4.78, 5) is 16.3. The third-order valence-corrected chi connectivity index (χ3v) is 4.13. The summed E-state index contributed by atoms with van der Waals surface area (Å²) >= 11 is 5.98. The summed E-state index contributed by atoms with van der Waals surface area (Å²) in [6.45, 7) is 4.09. The first-order valence-corrected chi connectivity index (χ1v) is 8.68. The van der Waals surface area contributed by atoms with Crippen LogP contribution in [0.5, 0.6) is 0 Å². The third kappa shape index (κ3) is 4.15. The molecule has 0 radical (unpaired) electrons. The number of hydrogen-bond donors (Lipinski definition) is 0. The second kappa shape index (κ2) is 8.02. The molecule has 0 N–H and O–H groups in total. The number of aryl methyl sites for hydroxylation is 1. The predicted molar refractivity (Wildman–Crippen MR) is 99.6 cm³/mol. The van der Waals surface area contributed by atoms with Gasteiger partial charge in [0.2, 0.25) is 17.5 Å². The van der Waals surface area contributed by atoms with Crippen molar-refractivity contribution in [2.24, 2.45) is 0 Å². The molecule has 6 nitrogen and oxygen atoms in total. The zero-order valence-corrected chi connectivity index (χ0v) is 15.5. The first-order chi connectivity index (χ1) is 13.0. The lowest BCUT2D eigenvalue weighted by atomic mass is 10.0. The Morgan fingerprint density at radius 1 is 1.33 bits per heavy atom. The van der Waals surface area contributed by atoms with Crippen molar-refractivity contribution in [3.63, 3.8) is 0 Å². The van der Waals surface area contributed by atoms with Gasteiger partial charge >= 0.3 is 0 Å². The van der Waals surface area contributed by atoms with Gasteiger partial charge in [-0.3, -0.25) is 4.79 Å². The highest BCUT2D eigenvalue weighted by Crippen LogP contribution is 2.27. The Kier molecular flexibility index (Phi) is 5.53. The van der Waals surface area contributed by atoms with Gasteiger partial charge in [0, 0.05) is 5.56 Å². The minimum atomic E-state index is -0.792. The number of Topliss-reactive ketones (excluding diaryl/α,β-unsaturated/α-hetero) is 1. The van der Waals surface area contributed by atoms with Crippen LogP contribution in [0.1, 0.15) is 24.3 Å². The van der Waals surface area contributed by atoms with Gasteiger partial charge in [0.15, 0.2) is 5.76 Å². The van der Waals surface area contributed by atoms with Crippen molar-refractivity contribution >= 4 is 17.4 Å². The van der Waals surface area contributed by atoms with Crippen LogP contribution in [0, 0.1) is 18.3 Å². The fourth-order valence-corrected chi connectivity index (χ4v) is 2.70. The van der Waals surface area contributed by atoms with Gasteiger partial charge < -0.3 is 9.26 Å². The van der Waals surface area contributed by atoms with E-state index in [9.17, 15) is 10.1 Å². The van der Waals surface area contributed by atoms with Crippen LogP contribution in [0.3, 0.4) is 0 Å². The molecule has 0 amide bonds. The van der Waals surface area contributed by atoms with Crippen LogP contribution >= 0.6 is 11.6 Å². The molecule has 0 saturated heterocycles. The third-order valence-electron chi connectivity index (χ3n) is 3.85. The van der Waals surface area contributed by atoms with Gasteiger partial charge in [0.25, 0.3) is 0 Å². The van der Waals surface area contributed by atoms with Crippen LogP contribution in [-0.4, -0.2) is 22.5 Å². The second-order valence-electron chi connectivity index (χ2n) is 5.86. The molecule has 1 unspecified atom stereocenters. The van der Waals surface area contributed by atoms with E-state index in [1.54, 1.807) is 19.1 Å². The largest absolute Gasteiger partial charge is 0.490 e. The molecule has 1 aromatic heterocycles. The molecule has 136 valence electrons. The predicted octanol–water partition coefficient (Wildman–Crippen LogP) is 4.20. The summed E-state index contributed by atoms with van der Waals surface area (Å²) < 4.78 is 10.6. The maximum absolute atomic E-state index is 11.9. The van der Waals surface area contributed by atoms with Crippen molar-refractivity contribution in [1.82, 2.24) is 10.1 Å². The Hall–Kier alpha value is -3.17. The van der Waals surface area contributed by atoms with E-state index in [1.807, 2.05) is 31.2 Å². The molecule has 2 aromatic rings. The van der Waals surface area contributed by atoms with E-state index in [2.05, 4.69) is 16.2 Å². The first kappa shape index (κ1) is 18.6. The molecular formula is C20H16ClN3O3. The van der Waals surface area contributed by atoms with Crippen molar-refractivity contribution in [1.29, 1.82) is 5.26 Å². The quantitative estimate of drug-likeness (QED) is 0.770. The van der Waals surface area contributed by atoms with Gasteiger partial charge in [0.1, 0.15) is 5.92 Å². The van der Waals surface area contributed by atoms with Gasteiger partial charge in [0.05, 0.1) is 17.7 Å². The average Bonchev–Trinajstić information content (AvgIpc) is 3.14. The van der Waals surface area contributed by atoms with E-state index in [4.69, 9.17) is 20.9 Å². The Labute approximate surface area is 161 Å². The smallest absolute Gasteiger partial charge is 0.248 e. The van der Waals surface area contributed by atoms with Gasteiger partial charge in [-0.25, -0.2) is 0 Å². The lowest BCUT2D eigenvalue weighted by molar-refractivity contribution is -0.114. The van der Waals surface area contributed by atoms with Gasteiger partial charge in [-0.2, -0.15) is 10.2 Å². The van der Waals surface area contributed by atoms with Gasteiger partial charge in [-0.1, -0.05) is 52.7 Å². The molecule has 1 aliphatic rings. The first-order valence-electron chi connectivity index (χ1n) is 8.30. The Morgan fingerprint density at radius 3 is 2.74 bits per heavy atom. The molecule has 0 bridgehead atoms. The van der Waals surface area contributed by atoms with Crippen LogP contribution in [0.4, 0.5) is 0 Å². The average molecular weight is 382 g/mol. The van der Waals surface area contributed by atoms with E-state index in [0.29, 0.717) is 18.0 Å². The lowest BCUT2D eigenvalue weighted by Crippen LogP contribution is -2.11. The monoisotopic (exact) mass is 381 g/mol. The molecular weight excluding hydrogens is 366 g/mol. The molecule has 0 spiro atoms. The topological polar surface area (TPSA) is 89.0 Å². The molecule has 0 aliphatic heterocycles. The Morgan fingerprint density at radius 2 is 2.07 bits per heavy atom. The fraction of sp³-hybridized carbons (Fsp3) is 0.200. The minimum absolute atomic E-state index is 0.0229. The zero-order valence-electron chi connectivity index (χ0n) is 14.8. The molecule has 1 heterocycles. The Balaban J connectivity index is 1.90. The zero-order chi connectivity index (χ0) is 19.4. The van der Waals surface area contributed by atoms with E-state index >= 15 is 0 Å². The molecule has 1 aromatic carbocycles. The standard InChI is InChI=1S/C20H16ClN3O3/c1-3-26-17-10-13(9-16(21)18(17)25)8-15(11-22)20-23-19(24-27-20)14-6-4-12(2)5-7-14/h4-10,15H,3H2,1-2H3/b13-8-. The van der Waals surface area contributed by atoms with Gasteiger partial charge in [-0.15, -0.1) is 0 Å². The van der Waals surface area contributed by atoms with Crippen molar-refractivity contribution in [2.75, 3.05) is 6.61 Å². The van der Waals surface area contributed by atoms with Crippen LogP contribution < -0.4 is 0 Å². The fourth-order valence-electron chi connectivity index (χ4n) is 2.48. The van der Waals surface area contributed by atoms with Crippen LogP contribution in [0.2, 0.25) is 0 Å². The molecule has 7 heteroatoms. The summed E-state index contributed by atoms with van der Waals surface area (Å²) in [7, 11) is 0. The summed E-state index contributed by atoms with van der Waals surface area (Å²) in [5.41, 5.74) is 2.48. The molecule has 3 rings (SSSR count). The molecule has 1 aliphatic carbocycles. The van der Waals surface area contributed by atoms with Crippen LogP contribution in [0.25, 0.3) is 11.4 Å². The summed E-state index contributed by atoms with van der Waals surface area (Å²) in [5, 5.41) is 13.5. The van der Waals surface area contributed by atoms with E-state index in [1.165, 1.54) is 6.08 Å². The van der Waals surface area contributed by atoms with E-state index in [-0.39, 0.29) is 22.5 Å². The summed E-state index contributed by atoms with van der Waals surface area (Å²) in [6, 6.07) is 9.77. The highest BCUT2D eigenvalue weighted by atomic mass is 35.5. The number of nitriles is 1. The Bertz CT molecular complexity index is 994. The van der Waals surface area contributed by atoms with Crippen LogP contribution in [0.15, 0.2) is 63.4 Å². The van der Waals surface area contributed by atoms with E-state index in [0.717, 1.165) is 11.1 Å². The number of rotatable bonds is 5. The van der Waals surface area contributed by atoms with Gasteiger partial charge in [-0.05, 0) is 31.6 Å². The summed E-state index contributed by atoms with van der Waals surface area (Å²) in [6.07, 6.45) is 4.62. The highest BCUT2D eigenvalue weighted by Gasteiger charge is 2.22. The number of carbonyl (C=O) groups excluding carboxylic acids is 1. The maximum atomic E-state index is 11.9. The number of hydrogen-bond acceptors (Lipinski definition) is 6. The normalized spacial score (nSPS) is 16.5. The highest BCUT2D eigenvalue weighted by molar-refractivity contribution is 6.45. The van der Waals surface area contributed by atoms with Crippen molar-refractivity contribution in [3.05, 3.63) is 70.3 Å². The molecule has 27 heavy (non-hydrogen) atoms. The number of nitrogens with zero attached hydrogens (tertiary/aromatic N) is 3. The van der Waals surface area contributed by atoms with E-state index < -0.39 is 5.92 Å². The number of ketones is 1. The number of allylic oxidation sites excluding steroid dienone is 5. The maximum Gasteiger partial charge on any atom is 0.248 e. The second-order valence-corrected chi connectivity index (χ2v) is 6.27. The minimum Gasteiger partial charge on any atom is -0.490 e. The number of benzene rings is 1. The number of halogens is 1.